The third kappa shape index (κ3) is 2.76. The summed E-state index contributed by atoms with van der Waals surface area (Å²) in [6, 6.07) is 3.97. The second kappa shape index (κ2) is 5.23. The molecule has 0 saturated carbocycles. The quantitative estimate of drug-likeness (QED) is 0.564. The Kier molecular flexibility index (Phi) is 4.15. The number of benzene rings is 1. The van der Waals surface area contributed by atoms with Gasteiger partial charge in [-0.25, -0.2) is 4.98 Å². The fraction of sp³-hybridized carbons (Fsp3) is 0.357. The van der Waals surface area contributed by atoms with Crippen molar-refractivity contribution >= 4 is 54.4 Å². The summed E-state index contributed by atoms with van der Waals surface area (Å²) in [5, 5.41) is 1.48. The lowest BCUT2D eigenvalue weighted by molar-refractivity contribution is 0.417. The zero-order valence-electron chi connectivity index (χ0n) is 11.1. The predicted molar refractivity (Wildman–Crippen MR) is 87.4 cm³/mol. The maximum Gasteiger partial charge on any atom is 0.142 e. The molecule has 0 aliphatic heterocycles. The highest BCUT2D eigenvalue weighted by molar-refractivity contribution is 9.11. The minimum absolute atomic E-state index is 0.0714. The monoisotopic (exact) mass is 405 g/mol. The molecular formula is C14H14Br2ClNO. The first-order chi connectivity index (χ1) is 8.75. The number of halogens is 3. The van der Waals surface area contributed by atoms with Crippen LogP contribution >= 0.6 is 43.5 Å². The molecule has 0 spiro atoms. The molecule has 0 bridgehead atoms. The van der Waals surface area contributed by atoms with Crippen molar-refractivity contribution in [2.45, 2.75) is 26.2 Å². The van der Waals surface area contributed by atoms with Crippen molar-refractivity contribution in [3.63, 3.8) is 0 Å². The molecule has 0 fully saturated rings. The molecule has 19 heavy (non-hydrogen) atoms. The number of pyridine rings is 1. The number of aromatic nitrogens is 1. The molecule has 0 radical (unpaired) electrons. The molecule has 2 aromatic rings. The third-order valence-electron chi connectivity index (χ3n) is 2.93. The zero-order chi connectivity index (χ0) is 14.4. The standard InChI is InChI=1S/C14H14Br2ClNO/c1-14(2,3)8-5-7-11(18-13(8)17)9(15)6-10(16)12(7)19-4/h5-6H,1-4H3. The lowest BCUT2D eigenvalue weighted by Gasteiger charge is -2.21. The zero-order valence-corrected chi connectivity index (χ0v) is 15.1. The van der Waals surface area contributed by atoms with Crippen molar-refractivity contribution in [2.75, 3.05) is 7.11 Å². The largest absolute Gasteiger partial charge is 0.495 e. The van der Waals surface area contributed by atoms with E-state index in [1.165, 1.54) is 0 Å². The Hall–Kier alpha value is -0.320. The van der Waals surface area contributed by atoms with E-state index in [0.717, 1.165) is 31.2 Å². The third-order valence-corrected chi connectivity index (χ3v) is 4.41. The molecule has 0 aliphatic rings. The van der Waals surface area contributed by atoms with Gasteiger partial charge in [-0.3, -0.25) is 0 Å². The van der Waals surface area contributed by atoms with E-state index in [9.17, 15) is 0 Å². The van der Waals surface area contributed by atoms with Gasteiger partial charge in [-0.1, -0.05) is 32.4 Å². The van der Waals surface area contributed by atoms with Crippen LogP contribution in [0.2, 0.25) is 5.15 Å². The molecule has 1 heterocycles. The van der Waals surface area contributed by atoms with Crippen LogP contribution in [0.5, 0.6) is 5.75 Å². The van der Waals surface area contributed by atoms with Crippen molar-refractivity contribution in [1.82, 2.24) is 4.98 Å². The number of ether oxygens (including phenoxy) is 1. The van der Waals surface area contributed by atoms with Crippen LogP contribution in [0, 0.1) is 0 Å². The number of fused-ring (bicyclic) bond motifs is 1. The molecule has 0 atom stereocenters. The lowest BCUT2D eigenvalue weighted by atomic mass is 9.87. The fourth-order valence-electron chi connectivity index (χ4n) is 1.95. The maximum absolute atomic E-state index is 6.31. The van der Waals surface area contributed by atoms with E-state index in [1.54, 1.807) is 7.11 Å². The molecule has 102 valence electrons. The first-order valence-corrected chi connectivity index (χ1v) is 7.75. The SMILES string of the molecule is COc1c(Br)cc(Br)c2nc(Cl)c(C(C)(C)C)cc12. The summed E-state index contributed by atoms with van der Waals surface area (Å²) in [5.74, 6) is 0.771. The van der Waals surface area contributed by atoms with Crippen LogP contribution in [-0.4, -0.2) is 12.1 Å². The summed E-state index contributed by atoms with van der Waals surface area (Å²) in [4.78, 5) is 4.51. The summed E-state index contributed by atoms with van der Waals surface area (Å²) in [6.45, 7) is 6.34. The summed E-state index contributed by atoms with van der Waals surface area (Å²) in [7, 11) is 1.65. The van der Waals surface area contributed by atoms with Gasteiger partial charge in [0.2, 0.25) is 0 Å². The Balaban J connectivity index is 2.91. The van der Waals surface area contributed by atoms with Crippen molar-refractivity contribution in [3.05, 3.63) is 31.8 Å². The molecular weight excluding hydrogens is 393 g/mol. The summed E-state index contributed by atoms with van der Waals surface area (Å²) in [5.41, 5.74) is 1.74. The molecule has 1 aromatic carbocycles. The van der Waals surface area contributed by atoms with Gasteiger partial charge in [0, 0.05) is 9.86 Å². The number of nitrogens with zero attached hydrogens (tertiary/aromatic N) is 1. The van der Waals surface area contributed by atoms with Crippen molar-refractivity contribution < 1.29 is 4.74 Å². The number of hydrogen-bond acceptors (Lipinski definition) is 2. The first kappa shape index (κ1) is 15.1. The molecule has 2 rings (SSSR count). The van der Waals surface area contributed by atoms with Gasteiger partial charge in [0.25, 0.3) is 0 Å². The van der Waals surface area contributed by atoms with E-state index in [-0.39, 0.29) is 5.41 Å². The number of rotatable bonds is 1. The van der Waals surface area contributed by atoms with Crippen molar-refractivity contribution in [3.8, 4) is 5.75 Å². The molecule has 1 aromatic heterocycles. The fourth-order valence-corrected chi connectivity index (χ4v) is 3.82. The van der Waals surface area contributed by atoms with Gasteiger partial charge in [0.1, 0.15) is 10.9 Å². The Morgan fingerprint density at radius 1 is 1.16 bits per heavy atom. The van der Waals surface area contributed by atoms with Crippen LogP contribution in [-0.2, 0) is 5.41 Å². The molecule has 0 aliphatic carbocycles. The highest BCUT2D eigenvalue weighted by Crippen LogP contribution is 2.41. The van der Waals surface area contributed by atoms with Gasteiger partial charge in [0.15, 0.2) is 0 Å². The molecule has 0 unspecified atom stereocenters. The minimum atomic E-state index is -0.0714. The summed E-state index contributed by atoms with van der Waals surface area (Å²) in [6.07, 6.45) is 0. The van der Waals surface area contributed by atoms with Gasteiger partial charge in [-0.15, -0.1) is 0 Å². The van der Waals surface area contributed by atoms with E-state index in [0.29, 0.717) is 5.15 Å². The van der Waals surface area contributed by atoms with Crippen LogP contribution in [0.3, 0.4) is 0 Å². The Morgan fingerprint density at radius 2 is 1.79 bits per heavy atom. The molecule has 5 heteroatoms. The van der Waals surface area contributed by atoms with Crippen LogP contribution in [0.25, 0.3) is 10.9 Å². The Bertz CT molecular complexity index is 650. The van der Waals surface area contributed by atoms with E-state index >= 15 is 0 Å². The lowest BCUT2D eigenvalue weighted by Crippen LogP contribution is -2.12. The van der Waals surface area contributed by atoms with E-state index in [1.807, 2.05) is 6.07 Å². The van der Waals surface area contributed by atoms with Gasteiger partial charge >= 0.3 is 0 Å². The van der Waals surface area contributed by atoms with Crippen molar-refractivity contribution in [1.29, 1.82) is 0 Å². The molecule has 2 nitrogen and oxygen atoms in total. The van der Waals surface area contributed by atoms with Gasteiger partial charge in [0.05, 0.1) is 17.1 Å². The average Bonchev–Trinajstić information content (AvgIpc) is 2.28. The molecule has 0 N–H and O–H groups in total. The average molecular weight is 408 g/mol. The van der Waals surface area contributed by atoms with Crippen LogP contribution in [0.1, 0.15) is 26.3 Å². The van der Waals surface area contributed by atoms with E-state index < -0.39 is 0 Å². The Labute approximate surface area is 134 Å². The number of hydrogen-bond donors (Lipinski definition) is 0. The number of methoxy groups -OCH3 is 1. The summed E-state index contributed by atoms with van der Waals surface area (Å²) >= 11 is 13.3. The minimum Gasteiger partial charge on any atom is -0.495 e. The normalized spacial score (nSPS) is 11.9. The van der Waals surface area contributed by atoms with Crippen LogP contribution in [0.4, 0.5) is 0 Å². The van der Waals surface area contributed by atoms with E-state index in [4.69, 9.17) is 16.3 Å². The van der Waals surface area contributed by atoms with Crippen molar-refractivity contribution in [2.24, 2.45) is 0 Å². The van der Waals surface area contributed by atoms with E-state index in [2.05, 4.69) is 63.7 Å². The second-order valence-electron chi connectivity index (χ2n) is 5.35. The maximum atomic E-state index is 6.31. The molecule has 0 amide bonds. The Morgan fingerprint density at radius 3 is 2.32 bits per heavy atom. The van der Waals surface area contributed by atoms with Gasteiger partial charge in [-0.05, 0) is 55.0 Å². The highest BCUT2D eigenvalue weighted by atomic mass is 79.9. The summed E-state index contributed by atoms with van der Waals surface area (Å²) < 4.78 is 7.24. The van der Waals surface area contributed by atoms with Gasteiger partial charge < -0.3 is 4.74 Å². The van der Waals surface area contributed by atoms with Crippen LogP contribution in [0.15, 0.2) is 21.1 Å². The first-order valence-electron chi connectivity index (χ1n) is 5.78. The predicted octanol–water partition coefficient (Wildman–Crippen LogP) is 5.72. The highest BCUT2D eigenvalue weighted by Gasteiger charge is 2.21. The van der Waals surface area contributed by atoms with Gasteiger partial charge in [-0.2, -0.15) is 0 Å². The topological polar surface area (TPSA) is 22.1 Å². The smallest absolute Gasteiger partial charge is 0.142 e. The second-order valence-corrected chi connectivity index (χ2v) is 7.41. The molecule has 0 saturated heterocycles. The van der Waals surface area contributed by atoms with Crippen LogP contribution < -0.4 is 4.74 Å².